The van der Waals surface area contributed by atoms with Crippen molar-refractivity contribution in [1.29, 1.82) is 0 Å². The molecule has 0 aromatic heterocycles. The summed E-state index contributed by atoms with van der Waals surface area (Å²) in [6, 6.07) is 0.806. The first-order valence-corrected chi connectivity index (χ1v) is 5.71. The van der Waals surface area contributed by atoms with E-state index in [-0.39, 0.29) is 37.2 Å². The molecule has 0 aliphatic carbocycles. The molecule has 2 atom stereocenters. The molecule has 0 amide bonds. The average molecular weight is 436 g/mol. The van der Waals surface area contributed by atoms with Gasteiger partial charge in [0.15, 0.2) is 0 Å². The van der Waals surface area contributed by atoms with Crippen molar-refractivity contribution in [2.24, 2.45) is 5.92 Å². The third kappa shape index (κ3) is 7.00. The zero-order chi connectivity index (χ0) is 11.1. The van der Waals surface area contributed by atoms with Crippen LogP contribution in [-0.2, 0) is 0 Å². The third-order valence-electron chi connectivity index (χ3n) is 2.80. The predicted octanol–water partition coefficient (Wildman–Crippen LogP) is 1.98. The fourth-order valence-electron chi connectivity index (χ4n) is 1.60. The van der Waals surface area contributed by atoms with E-state index in [0.29, 0.717) is 6.04 Å². The minimum Gasteiger partial charge on any atom is -0.360 e. The van der Waals surface area contributed by atoms with Crippen molar-refractivity contribution >= 4 is 0 Å². The van der Waals surface area contributed by atoms with Crippen LogP contribution in [0.25, 0.3) is 0 Å². The van der Waals surface area contributed by atoms with Crippen molar-refractivity contribution in [3.8, 4) is 0 Å². The molecular weight excluding hydrogens is 410 g/mol. The predicted molar refractivity (Wildman–Crippen MR) is 64.1 cm³/mol. The average Bonchev–Trinajstić information content (AvgIpc) is 2.55. The van der Waals surface area contributed by atoms with Crippen LogP contribution in [-0.4, -0.2) is 37.1 Å². The molecule has 1 aliphatic rings. The molecule has 3 heteroatoms. The summed E-state index contributed by atoms with van der Waals surface area (Å²) < 4.78 is 0. The number of hydrogen-bond acceptors (Lipinski definition) is 2. The van der Waals surface area contributed by atoms with Crippen molar-refractivity contribution in [1.82, 2.24) is 10.2 Å². The molecule has 0 radical (unpaired) electrons. The minimum atomic E-state index is 0. The smallest absolute Gasteiger partial charge is 0.360 e. The largest absolute Gasteiger partial charge is 2.00 e. The molecule has 15 heavy (non-hydrogen) atoms. The Morgan fingerprint density at radius 2 is 1.93 bits per heavy atom. The number of nitrogens with zero attached hydrogens (tertiary/aromatic N) is 1. The van der Waals surface area contributed by atoms with E-state index in [9.17, 15) is 0 Å². The van der Waals surface area contributed by atoms with Gasteiger partial charge in [0, 0.05) is 12.6 Å². The summed E-state index contributed by atoms with van der Waals surface area (Å²) >= 11 is 0. The van der Waals surface area contributed by atoms with Crippen LogP contribution < -0.4 is 5.32 Å². The molecule has 88 valence electrons. The van der Waals surface area contributed by atoms with Gasteiger partial charge >= 0.3 is 31.1 Å². The third-order valence-corrected chi connectivity index (χ3v) is 2.80. The SMILES string of the molecule is CC.[CH2-]C([CH2-])N(C)CC1NCCC1C.[U+2]. The molecule has 2 unspecified atom stereocenters. The van der Waals surface area contributed by atoms with Crippen molar-refractivity contribution in [3.05, 3.63) is 13.8 Å². The van der Waals surface area contributed by atoms with Crippen molar-refractivity contribution < 1.29 is 31.1 Å². The topological polar surface area (TPSA) is 15.3 Å². The Morgan fingerprint density at radius 3 is 2.27 bits per heavy atom. The second-order valence-corrected chi connectivity index (χ2v) is 3.92. The Balaban J connectivity index is 0. The molecule has 1 fully saturated rings. The maximum absolute atomic E-state index is 3.89. The Morgan fingerprint density at radius 1 is 1.40 bits per heavy atom. The summed E-state index contributed by atoms with van der Waals surface area (Å²) in [5, 5.41) is 3.49. The van der Waals surface area contributed by atoms with E-state index in [2.05, 4.69) is 38.0 Å². The first-order chi connectivity index (χ1) is 6.61. The maximum atomic E-state index is 3.89. The zero-order valence-corrected chi connectivity index (χ0v) is 14.9. The first kappa shape index (κ1) is 18.3. The van der Waals surface area contributed by atoms with E-state index < -0.39 is 0 Å². The molecule has 0 spiro atoms. The van der Waals surface area contributed by atoms with E-state index in [1.165, 1.54) is 13.0 Å². The van der Waals surface area contributed by atoms with E-state index in [1.807, 2.05) is 13.8 Å². The molecule has 1 N–H and O–H groups in total. The van der Waals surface area contributed by atoms with Crippen molar-refractivity contribution in [3.63, 3.8) is 0 Å². The van der Waals surface area contributed by atoms with Gasteiger partial charge in [-0.2, -0.15) is 0 Å². The maximum Gasteiger partial charge on any atom is 2.00 e. The fraction of sp³-hybridized carbons (Fsp3) is 0.833. The van der Waals surface area contributed by atoms with Crippen LogP contribution in [0, 0.1) is 50.9 Å². The summed E-state index contributed by atoms with van der Waals surface area (Å²) in [5.74, 6) is 0.797. The Labute approximate surface area is 120 Å². The van der Waals surface area contributed by atoms with Gasteiger partial charge in [0.05, 0.1) is 0 Å². The molecule has 1 rings (SSSR count). The molecular formula is C12H26N2U. The van der Waals surface area contributed by atoms with Crippen LogP contribution >= 0.6 is 0 Å². The van der Waals surface area contributed by atoms with Gasteiger partial charge in [0.25, 0.3) is 0 Å². The quantitative estimate of drug-likeness (QED) is 0.681. The second-order valence-electron chi connectivity index (χ2n) is 3.92. The van der Waals surface area contributed by atoms with Crippen LogP contribution in [0.5, 0.6) is 0 Å². The first-order valence-electron chi connectivity index (χ1n) is 5.71. The Kier molecular flexibility index (Phi) is 12.4. The summed E-state index contributed by atoms with van der Waals surface area (Å²) in [5.41, 5.74) is 0. The molecule has 0 aromatic rings. The molecule has 2 nitrogen and oxygen atoms in total. The Hall–Kier alpha value is 0.972. The standard InChI is InChI=1S/C10H20N2.C2H6.U/c1-8(2)12(4)7-10-9(3)5-6-11-10;1-2;/h8-11H,1-2,5-7H2,3-4H3;1-2H3;/q-2;;+2. The molecule has 1 saturated heterocycles. The van der Waals surface area contributed by atoms with E-state index in [4.69, 9.17) is 0 Å². The van der Waals surface area contributed by atoms with Gasteiger partial charge < -0.3 is 24.1 Å². The second kappa shape index (κ2) is 10.1. The molecule has 0 aromatic carbocycles. The van der Waals surface area contributed by atoms with Gasteiger partial charge in [-0.25, -0.2) is 6.04 Å². The minimum absolute atomic E-state index is 0. The summed E-state index contributed by atoms with van der Waals surface area (Å²) in [6.45, 7) is 16.3. The van der Waals surface area contributed by atoms with Gasteiger partial charge in [-0.1, -0.05) is 20.8 Å². The molecule has 1 aliphatic heterocycles. The number of hydrogen-bond donors (Lipinski definition) is 1. The van der Waals surface area contributed by atoms with Gasteiger partial charge in [-0.3, -0.25) is 0 Å². The number of nitrogens with one attached hydrogen (secondary N) is 1. The van der Waals surface area contributed by atoms with E-state index in [0.717, 1.165) is 12.5 Å². The molecule has 0 bridgehead atoms. The summed E-state index contributed by atoms with van der Waals surface area (Å²) in [6.07, 6.45) is 1.30. The van der Waals surface area contributed by atoms with Crippen LogP contribution in [0.4, 0.5) is 0 Å². The van der Waals surface area contributed by atoms with Crippen LogP contribution in [0.2, 0.25) is 0 Å². The van der Waals surface area contributed by atoms with Crippen molar-refractivity contribution in [2.45, 2.75) is 39.3 Å². The summed E-state index contributed by atoms with van der Waals surface area (Å²) in [7, 11) is 2.08. The van der Waals surface area contributed by atoms with Gasteiger partial charge in [-0.15, -0.1) is 0 Å². The monoisotopic (exact) mass is 436 g/mol. The molecule has 1 heterocycles. The van der Waals surface area contributed by atoms with Crippen LogP contribution in [0.1, 0.15) is 27.2 Å². The van der Waals surface area contributed by atoms with E-state index >= 15 is 0 Å². The zero-order valence-electron chi connectivity index (χ0n) is 10.7. The van der Waals surface area contributed by atoms with Gasteiger partial charge in [0.1, 0.15) is 0 Å². The summed E-state index contributed by atoms with van der Waals surface area (Å²) in [4.78, 5) is 2.19. The number of likely N-dealkylation sites (N-methyl/N-ethyl adjacent to an activating group) is 1. The van der Waals surface area contributed by atoms with Gasteiger partial charge in [0.2, 0.25) is 0 Å². The van der Waals surface area contributed by atoms with Crippen molar-refractivity contribution in [2.75, 3.05) is 20.1 Å². The van der Waals surface area contributed by atoms with E-state index in [1.54, 1.807) is 0 Å². The Bertz CT molecular complexity index is 140. The van der Waals surface area contributed by atoms with Crippen LogP contribution in [0.3, 0.4) is 0 Å². The molecule has 0 saturated carbocycles. The van der Waals surface area contributed by atoms with Gasteiger partial charge in [-0.05, 0) is 25.9 Å². The normalized spacial score (nSPS) is 24.8. The fourth-order valence-corrected chi connectivity index (χ4v) is 1.60. The number of rotatable bonds is 3. The van der Waals surface area contributed by atoms with Crippen LogP contribution in [0.15, 0.2) is 0 Å².